The number of aryl methyl sites for hydroxylation is 1. The molecular weight excluding hydrogens is 307 g/mol. The zero-order valence-electron chi connectivity index (χ0n) is 10.4. The van der Waals surface area contributed by atoms with E-state index in [1.165, 1.54) is 17.7 Å². The van der Waals surface area contributed by atoms with Crippen LogP contribution < -0.4 is 0 Å². The van der Waals surface area contributed by atoms with E-state index >= 15 is 0 Å². The first-order valence-corrected chi connectivity index (χ1v) is 7.12. The van der Waals surface area contributed by atoms with Gasteiger partial charge in [0.05, 0.1) is 5.60 Å². The van der Waals surface area contributed by atoms with Crippen molar-refractivity contribution in [2.75, 3.05) is 0 Å². The highest BCUT2D eigenvalue weighted by Gasteiger charge is 2.36. The fraction of sp³-hybridized carbons (Fsp3) is 0.250. The van der Waals surface area contributed by atoms with Crippen LogP contribution in [0, 0.1) is 5.82 Å². The average Bonchev–Trinajstić information content (AvgIpc) is 2.72. The number of hydrogen-bond acceptors (Lipinski definition) is 1. The molecule has 19 heavy (non-hydrogen) atoms. The SMILES string of the molecule is OC1(Cc2ccc(F)cc2Br)CCc2ccccc21. The van der Waals surface area contributed by atoms with E-state index in [4.69, 9.17) is 0 Å². The molecular formula is C16H14BrFO. The first-order chi connectivity index (χ1) is 9.08. The number of rotatable bonds is 2. The van der Waals surface area contributed by atoms with Crippen LogP contribution in [0.25, 0.3) is 0 Å². The normalized spacial score (nSPS) is 21.4. The van der Waals surface area contributed by atoms with Crippen LogP contribution in [0.1, 0.15) is 23.1 Å². The summed E-state index contributed by atoms with van der Waals surface area (Å²) in [4.78, 5) is 0. The smallest absolute Gasteiger partial charge is 0.124 e. The standard InChI is InChI=1S/C16H14BrFO/c17-15-9-13(18)6-5-12(15)10-16(19)8-7-11-3-1-2-4-14(11)16/h1-6,9,19H,7-8,10H2. The monoisotopic (exact) mass is 320 g/mol. The Kier molecular flexibility index (Phi) is 3.19. The zero-order valence-corrected chi connectivity index (χ0v) is 12.0. The Morgan fingerprint density at radius 3 is 2.79 bits per heavy atom. The lowest BCUT2D eigenvalue weighted by Gasteiger charge is -2.24. The number of benzene rings is 2. The fourth-order valence-corrected chi connectivity index (χ4v) is 3.32. The molecule has 3 heteroatoms. The van der Waals surface area contributed by atoms with Crippen molar-refractivity contribution in [3.63, 3.8) is 0 Å². The Hall–Kier alpha value is -1.19. The molecule has 1 aliphatic carbocycles. The van der Waals surface area contributed by atoms with E-state index in [9.17, 15) is 9.50 Å². The number of halogens is 2. The Bertz CT molecular complexity index is 626. The molecule has 1 aliphatic rings. The van der Waals surface area contributed by atoms with Crippen molar-refractivity contribution in [2.24, 2.45) is 0 Å². The van der Waals surface area contributed by atoms with Gasteiger partial charge in [0.1, 0.15) is 5.82 Å². The van der Waals surface area contributed by atoms with Gasteiger partial charge in [0.15, 0.2) is 0 Å². The van der Waals surface area contributed by atoms with Crippen LogP contribution in [0.2, 0.25) is 0 Å². The second kappa shape index (κ2) is 4.73. The second-order valence-corrected chi connectivity index (χ2v) is 5.96. The van der Waals surface area contributed by atoms with Gasteiger partial charge in [-0.3, -0.25) is 0 Å². The molecule has 0 saturated heterocycles. The van der Waals surface area contributed by atoms with Gasteiger partial charge in [0.2, 0.25) is 0 Å². The summed E-state index contributed by atoms with van der Waals surface area (Å²) in [7, 11) is 0. The van der Waals surface area contributed by atoms with Crippen molar-refractivity contribution >= 4 is 15.9 Å². The van der Waals surface area contributed by atoms with Crippen LogP contribution in [-0.2, 0) is 18.4 Å². The van der Waals surface area contributed by atoms with Crippen molar-refractivity contribution in [2.45, 2.75) is 24.9 Å². The van der Waals surface area contributed by atoms with E-state index in [0.717, 1.165) is 24.0 Å². The Balaban J connectivity index is 1.95. The quantitative estimate of drug-likeness (QED) is 0.887. The van der Waals surface area contributed by atoms with Crippen LogP contribution in [0.15, 0.2) is 46.9 Å². The minimum atomic E-state index is -0.836. The van der Waals surface area contributed by atoms with Crippen molar-refractivity contribution in [1.82, 2.24) is 0 Å². The fourth-order valence-electron chi connectivity index (χ4n) is 2.83. The molecule has 0 aromatic heterocycles. The molecule has 0 heterocycles. The zero-order chi connectivity index (χ0) is 13.5. The van der Waals surface area contributed by atoms with Gasteiger partial charge in [-0.1, -0.05) is 46.3 Å². The second-order valence-electron chi connectivity index (χ2n) is 5.10. The molecule has 2 aromatic carbocycles. The molecule has 98 valence electrons. The summed E-state index contributed by atoms with van der Waals surface area (Å²) in [5.74, 6) is -0.269. The Morgan fingerprint density at radius 1 is 1.21 bits per heavy atom. The molecule has 2 aromatic rings. The third-order valence-corrected chi connectivity index (χ3v) is 4.56. The summed E-state index contributed by atoms with van der Waals surface area (Å²) < 4.78 is 13.8. The Labute approximate surface area is 120 Å². The van der Waals surface area contributed by atoms with Gasteiger partial charge in [-0.05, 0) is 41.7 Å². The van der Waals surface area contributed by atoms with Gasteiger partial charge >= 0.3 is 0 Å². The molecule has 1 unspecified atom stereocenters. The number of hydrogen-bond donors (Lipinski definition) is 1. The average molecular weight is 321 g/mol. The third-order valence-electron chi connectivity index (χ3n) is 3.82. The summed E-state index contributed by atoms with van der Waals surface area (Å²) in [6.07, 6.45) is 2.12. The van der Waals surface area contributed by atoms with Crippen molar-refractivity contribution in [3.8, 4) is 0 Å². The maximum absolute atomic E-state index is 13.1. The molecule has 1 nitrogen and oxygen atoms in total. The highest BCUT2D eigenvalue weighted by molar-refractivity contribution is 9.10. The van der Waals surface area contributed by atoms with Gasteiger partial charge in [-0.2, -0.15) is 0 Å². The van der Waals surface area contributed by atoms with Crippen LogP contribution in [0.4, 0.5) is 4.39 Å². The molecule has 0 amide bonds. The lowest BCUT2D eigenvalue weighted by Crippen LogP contribution is -2.25. The van der Waals surface area contributed by atoms with E-state index < -0.39 is 5.60 Å². The molecule has 1 N–H and O–H groups in total. The van der Waals surface area contributed by atoms with Gasteiger partial charge in [0, 0.05) is 10.9 Å². The van der Waals surface area contributed by atoms with E-state index in [2.05, 4.69) is 22.0 Å². The summed E-state index contributed by atoms with van der Waals surface area (Å²) in [5.41, 5.74) is 2.31. The molecule has 0 radical (unpaired) electrons. The predicted octanol–water partition coefficient (Wildman–Crippen LogP) is 3.96. The number of fused-ring (bicyclic) bond motifs is 1. The minimum Gasteiger partial charge on any atom is -0.385 e. The van der Waals surface area contributed by atoms with Crippen molar-refractivity contribution in [3.05, 3.63) is 69.4 Å². The van der Waals surface area contributed by atoms with E-state index in [1.54, 1.807) is 6.07 Å². The maximum atomic E-state index is 13.1. The topological polar surface area (TPSA) is 20.2 Å². The van der Waals surface area contributed by atoms with Crippen LogP contribution in [-0.4, -0.2) is 5.11 Å². The predicted molar refractivity (Wildman–Crippen MR) is 76.5 cm³/mol. The molecule has 0 saturated carbocycles. The molecule has 0 aliphatic heterocycles. The lowest BCUT2D eigenvalue weighted by molar-refractivity contribution is 0.0388. The van der Waals surface area contributed by atoms with Crippen LogP contribution >= 0.6 is 15.9 Å². The Morgan fingerprint density at radius 2 is 2.00 bits per heavy atom. The number of aliphatic hydroxyl groups is 1. The summed E-state index contributed by atoms with van der Waals surface area (Å²) in [6.45, 7) is 0. The highest BCUT2D eigenvalue weighted by atomic mass is 79.9. The third kappa shape index (κ3) is 2.33. The van der Waals surface area contributed by atoms with E-state index in [0.29, 0.717) is 10.9 Å². The largest absolute Gasteiger partial charge is 0.385 e. The summed E-state index contributed by atoms with van der Waals surface area (Å²) in [5, 5.41) is 10.9. The lowest BCUT2D eigenvalue weighted by atomic mass is 9.89. The van der Waals surface area contributed by atoms with E-state index in [-0.39, 0.29) is 5.82 Å². The molecule has 0 spiro atoms. The highest BCUT2D eigenvalue weighted by Crippen LogP contribution is 2.40. The van der Waals surface area contributed by atoms with Crippen molar-refractivity contribution < 1.29 is 9.50 Å². The first kappa shape index (κ1) is 12.8. The molecule has 0 fully saturated rings. The molecule has 0 bridgehead atoms. The van der Waals surface area contributed by atoms with Gasteiger partial charge < -0.3 is 5.11 Å². The first-order valence-electron chi connectivity index (χ1n) is 6.33. The van der Waals surface area contributed by atoms with Crippen LogP contribution in [0.3, 0.4) is 0 Å². The van der Waals surface area contributed by atoms with Gasteiger partial charge in [-0.25, -0.2) is 4.39 Å². The summed E-state index contributed by atoms with van der Waals surface area (Å²) >= 11 is 3.37. The molecule has 1 atom stereocenters. The molecule has 3 rings (SSSR count). The van der Waals surface area contributed by atoms with Crippen LogP contribution in [0.5, 0.6) is 0 Å². The van der Waals surface area contributed by atoms with E-state index in [1.807, 2.05) is 18.2 Å². The van der Waals surface area contributed by atoms with Crippen molar-refractivity contribution in [1.29, 1.82) is 0 Å². The van der Waals surface area contributed by atoms with Gasteiger partial charge in [-0.15, -0.1) is 0 Å². The van der Waals surface area contributed by atoms with Gasteiger partial charge in [0.25, 0.3) is 0 Å². The minimum absolute atomic E-state index is 0.269. The summed E-state index contributed by atoms with van der Waals surface area (Å²) in [6, 6.07) is 12.6. The maximum Gasteiger partial charge on any atom is 0.124 e.